The molecular formula is C13H24N2O. The summed E-state index contributed by atoms with van der Waals surface area (Å²) < 4.78 is 5.65. The maximum atomic E-state index is 5.65. The highest BCUT2D eigenvalue weighted by molar-refractivity contribution is 4.94. The SMILES string of the molecule is CCCCc1cnc(CCNC(C)(C)C)o1. The predicted octanol–water partition coefficient (Wildman–Crippen LogP) is 2.95. The van der Waals surface area contributed by atoms with Gasteiger partial charge < -0.3 is 9.73 Å². The summed E-state index contributed by atoms with van der Waals surface area (Å²) in [6, 6.07) is 0. The smallest absolute Gasteiger partial charge is 0.195 e. The highest BCUT2D eigenvalue weighted by Gasteiger charge is 2.09. The van der Waals surface area contributed by atoms with Gasteiger partial charge in [0.25, 0.3) is 0 Å². The average Bonchev–Trinajstić information content (AvgIpc) is 2.61. The molecule has 1 rings (SSSR count). The van der Waals surface area contributed by atoms with Gasteiger partial charge in [-0.3, -0.25) is 0 Å². The van der Waals surface area contributed by atoms with Gasteiger partial charge in [0.2, 0.25) is 0 Å². The molecule has 0 atom stereocenters. The molecule has 92 valence electrons. The largest absolute Gasteiger partial charge is 0.446 e. The molecule has 0 aliphatic carbocycles. The Morgan fingerprint density at radius 2 is 2.06 bits per heavy atom. The van der Waals surface area contributed by atoms with Crippen molar-refractivity contribution in [3.63, 3.8) is 0 Å². The van der Waals surface area contributed by atoms with Crippen molar-refractivity contribution in [2.75, 3.05) is 6.54 Å². The van der Waals surface area contributed by atoms with Crippen LogP contribution < -0.4 is 5.32 Å². The van der Waals surface area contributed by atoms with Crippen LogP contribution in [0.4, 0.5) is 0 Å². The van der Waals surface area contributed by atoms with Gasteiger partial charge in [-0.1, -0.05) is 13.3 Å². The summed E-state index contributed by atoms with van der Waals surface area (Å²) >= 11 is 0. The molecule has 0 saturated heterocycles. The van der Waals surface area contributed by atoms with Crippen molar-refractivity contribution in [3.05, 3.63) is 17.8 Å². The van der Waals surface area contributed by atoms with Crippen molar-refractivity contribution >= 4 is 0 Å². The van der Waals surface area contributed by atoms with Gasteiger partial charge in [0.15, 0.2) is 5.89 Å². The molecular weight excluding hydrogens is 200 g/mol. The number of hydrogen-bond donors (Lipinski definition) is 1. The van der Waals surface area contributed by atoms with E-state index >= 15 is 0 Å². The molecule has 0 spiro atoms. The van der Waals surface area contributed by atoms with Crippen LogP contribution in [0.25, 0.3) is 0 Å². The number of oxazole rings is 1. The van der Waals surface area contributed by atoms with Gasteiger partial charge in [0, 0.05) is 24.9 Å². The quantitative estimate of drug-likeness (QED) is 0.807. The monoisotopic (exact) mass is 224 g/mol. The molecule has 0 bridgehead atoms. The number of aromatic nitrogens is 1. The molecule has 3 heteroatoms. The molecule has 0 radical (unpaired) electrons. The Kier molecular flexibility index (Phi) is 5.00. The van der Waals surface area contributed by atoms with Crippen molar-refractivity contribution in [2.45, 2.75) is 58.9 Å². The van der Waals surface area contributed by atoms with Gasteiger partial charge in [-0.2, -0.15) is 0 Å². The molecule has 1 N–H and O–H groups in total. The third kappa shape index (κ3) is 5.31. The molecule has 0 aliphatic heterocycles. The first-order chi connectivity index (χ1) is 7.51. The van der Waals surface area contributed by atoms with Gasteiger partial charge in [-0.15, -0.1) is 0 Å². The van der Waals surface area contributed by atoms with Crippen LogP contribution >= 0.6 is 0 Å². The summed E-state index contributed by atoms with van der Waals surface area (Å²) in [5.41, 5.74) is 0.164. The lowest BCUT2D eigenvalue weighted by Gasteiger charge is -2.19. The van der Waals surface area contributed by atoms with E-state index in [-0.39, 0.29) is 5.54 Å². The normalized spacial score (nSPS) is 12.0. The number of unbranched alkanes of at least 4 members (excludes halogenated alkanes) is 1. The molecule has 0 amide bonds. The highest BCUT2D eigenvalue weighted by Crippen LogP contribution is 2.08. The third-order valence-electron chi connectivity index (χ3n) is 2.37. The Morgan fingerprint density at radius 3 is 2.69 bits per heavy atom. The molecule has 1 aromatic rings. The van der Waals surface area contributed by atoms with Gasteiger partial charge in [0.05, 0.1) is 6.20 Å². The third-order valence-corrected chi connectivity index (χ3v) is 2.37. The van der Waals surface area contributed by atoms with Crippen LogP contribution in [0.2, 0.25) is 0 Å². The van der Waals surface area contributed by atoms with E-state index in [4.69, 9.17) is 4.42 Å². The number of hydrogen-bond acceptors (Lipinski definition) is 3. The van der Waals surface area contributed by atoms with Crippen LogP contribution in [0.15, 0.2) is 10.6 Å². The maximum Gasteiger partial charge on any atom is 0.195 e. The standard InChI is InChI=1S/C13H24N2O/c1-5-6-7-11-10-14-12(16-11)8-9-15-13(2,3)4/h10,15H,5-9H2,1-4H3. The zero-order chi connectivity index (χ0) is 12.0. The second-order valence-corrected chi connectivity index (χ2v) is 5.25. The van der Waals surface area contributed by atoms with E-state index in [1.165, 1.54) is 12.8 Å². The second-order valence-electron chi connectivity index (χ2n) is 5.25. The van der Waals surface area contributed by atoms with Crippen molar-refractivity contribution in [3.8, 4) is 0 Å². The fourth-order valence-corrected chi connectivity index (χ4v) is 1.47. The molecule has 1 heterocycles. The lowest BCUT2D eigenvalue weighted by Crippen LogP contribution is -2.37. The summed E-state index contributed by atoms with van der Waals surface area (Å²) in [4.78, 5) is 4.28. The summed E-state index contributed by atoms with van der Waals surface area (Å²) in [5.74, 6) is 1.87. The zero-order valence-corrected chi connectivity index (χ0v) is 11.0. The Balaban J connectivity index is 2.29. The minimum absolute atomic E-state index is 0.164. The van der Waals surface area contributed by atoms with Crippen LogP contribution in [0.1, 0.15) is 52.2 Å². The van der Waals surface area contributed by atoms with Gasteiger partial charge in [-0.05, 0) is 27.2 Å². The average molecular weight is 224 g/mol. The van der Waals surface area contributed by atoms with E-state index in [0.29, 0.717) is 0 Å². The van der Waals surface area contributed by atoms with Crippen LogP contribution in [0.3, 0.4) is 0 Å². The Hall–Kier alpha value is -0.830. The first-order valence-corrected chi connectivity index (χ1v) is 6.20. The predicted molar refractivity (Wildman–Crippen MR) is 66.6 cm³/mol. The summed E-state index contributed by atoms with van der Waals surface area (Å²) in [5, 5.41) is 3.42. The van der Waals surface area contributed by atoms with Gasteiger partial charge in [-0.25, -0.2) is 4.98 Å². The van der Waals surface area contributed by atoms with Gasteiger partial charge in [0.1, 0.15) is 5.76 Å². The molecule has 0 aromatic carbocycles. The minimum Gasteiger partial charge on any atom is -0.446 e. The molecule has 0 fully saturated rings. The zero-order valence-electron chi connectivity index (χ0n) is 11.0. The van der Waals surface area contributed by atoms with E-state index in [0.717, 1.165) is 31.0 Å². The van der Waals surface area contributed by atoms with Gasteiger partial charge >= 0.3 is 0 Å². The number of rotatable bonds is 6. The van der Waals surface area contributed by atoms with Crippen LogP contribution in [-0.2, 0) is 12.8 Å². The summed E-state index contributed by atoms with van der Waals surface area (Å²) in [7, 11) is 0. The van der Waals surface area contributed by atoms with E-state index in [1.54, 1.807) is 0 Å². The fourth-order valence-electron chi connectivity index (χ4n) is 1.47. The maximum absolute atomic E-state index is 5.65. The number of nitrogens with zero attached hydrogens (tertiary/aromatic N) is 1. The Morgan fingerprint density at radius 1 is 1.31 bits per heavy atom. The molecule has 1 aromatic heterocycles. The highest BCUT2D eigenvalue weighted by atomic mass is 16.4. The fraction of sp³-hybridized carbons (Fsp3) is 0.769. The number of aryl methyl sites for hydroxylation is 1. The van der Waals surface area contributed by atoms with E-state index in [9.17, 15) is 0 Å². The Bertz CT molecular complexity index is 299. The summed E-state index contributed by atoms with van der Waals surface area (Å²) in [6.45, 7) is 9.58. The molecule has 3 nitrogen and oxygen atoms in total. The molecule has 0 saturated carbocycles. The lowest BCUT2D eigenvalue weighted by atomic mass is 10.1. The number of nitrogens with one attached hydrogen (secondary N) is 1. The molecule has 16 heavy (non-hydrogen) atoms. The second kappa shape index (κ2) is 6.04. The van der Waals surface area contributed by atoms with E-state index in [1.807, 2.05) is 6.20 Å². The summed E-state index contributed by atoms with van der Waals surface area (Å²) in [6.07, 6.45) is 6.11. The Labute approximate surface area is 98.6 Å². The van der Waals surface area contributed by atoms with Crippen LogP contribution in [0.5, 0.6) is 0 Å². The first-order valence-electron chi connectivity index (χ1n) is 6.20. The molecule has 0 unspecified atom stereocenters. The molecule has 0 aliphatic rings. The van der Waals surface area contributed by atoms with Crippen LogP contribution in [0, 0.1) is 0 Å². The first kappa shape index (κ1) is 13.2. The van der Waals surface area contributed by atoms with E-state index < -0.39 is 0 Å². The lowest BCUT2D eigenvalue weighted by molar-refractivity contribution is 0.400. The topological polar surface area (TPSA) is 38.1 Å². The van der Waals surface area contributed by atoms with Crippen LogP contribution in [-0.4, -0.2) is 17.1 Å². The van der Waals surface area contributed by atoms with E-state index in [2.05, 4.69) is 38.0 Å². The minimum atomic E-state index is 0.164. The van der Waals surface area contributed by atoms with Crippen molar-refractivity contribution in [1.82, 2.24) is 10.3 Å². The van der Waals surface area contributed by atoms with Crippen molar-refractivity contribution < 1.29 is 4.42 Å². The van der Waals surface area contributed by atoms with Crippen molar-refractivity contribution in [1.29, 1.82) is 0 Å². The van der Waals surface area contributed by atoms with Crippen molar-refractivity contribution in [2.24, 2.45) is 0 Å².